The Morgan fingerprint density at radius 3 is 2.67 bits per heavy atom. The first kappa shape index (κ1) is 15.9. The van der Waals surface area contributed by atoms with Gasteiger partial charge in [-0.3, -0.25) is 4.68 Å². The molecule has 114 valence electrons. The van der Waals surface area contributed by atoms with Crippen LogP contribution in [-0.2, 0) is 20.1 Å². The molecule has 1 aromatic heterocycles. The van der Waals surface area contributed by atoms with Gasteiger partial charge in [0.25, 0.3) is 0 Å². The number of methoxy groups -OCH3 is 1. The van der Waals surface area contributed by atoms with E-state index in [-0.39, 0.29) is 0 Å². The number of hydrogen-bond acceptors (Lipinski definition) is 4. The Morgan fingerprint density at radius 1 is 1.33 bits per heavy atom. The zero-order valence-electron chi connectivity index (χ0n) is 12.5. The Labute approximate surface area is 133 Å². The van der Waals surface area contributed by atoms with Gasteiger partial charge in [-0.2, -0.15) is 5.10 Å². The standard InChI is InChI=1S/C15H20BrN3O2/c1-10-6-12(19(2)18-10)9-21-15-13(16)7-11(4-5-17)8-14(15)20-3/h6-8H,4-5,9,17H2,1-3H3. The quantitative estimate of drug-likeness (QED) is 0.866. The molecule has 0 bridgehead atoms. The minimum Gasteiger partial charge on any atom is -0.493 e. The third-order valence-electron chi connectivity index (χ3n) is 3.19. The van der Waals surface area contributed by atoms with Gasteiger partial charge < -0.3 is 15.2 Å². The molecule has 0 saturated carbocycles. The summed E-state index contributed by atoms with van der Waals surface area (Å²) in [7, 11) is 3.54. The second-order valence-corrected chi connectivity index (χ2v) is 5.69. The number of nitrogens with two attached hydrogens (primary N) is 1. The predicted molar refractivity (Wildman–Crippen MR) is 85.7 cm³/mol. The van der Waals surface area contributed by atoms with E-state index in [0.29, 0.717) is 24.7 Å². The molecule has 0 aliphatic heterocycles. The number of aryl methyl sites for hydroxylation is 2. The molecule has 0 spiro atoms. The SMILES string of the molecule is COc1cc(CCN)cc(Br)c1OCc1cc(C)nn1C. The molecular weight excluding hydrogens is 334 g/mol. The second-order valence-electron chi connectivity index (χ2n) is 4.84. The average Bonchev–Trinajstić information content (AvgIpc) is 2.75. The Morgan fingerprint density at radius 2 is 2.10 bits per heavy atom. The van der Waals surface area contributed by atoms with E-state index in [4.69, 9.17) is 15.2 Å². The van der Waals surface area contributed by atoms with Crippen molar-refractivity contribution in [2.24, 2.45) is 12.8 Å². The smallest absolute Gasteiger partial charge is 0.175 e. The molecule has 2 aromatic rings. The Bertz CT molecular complexity index is 626. The molecule has 2 N–H and O–H groups in total. The van der Waals surface area contributed by atoms with Crippen molar-refractivity contribution < 1.29 is 9.47 Å². The first-order chi connectivity index (χ1) is 10.0. The molecular formula is C15H20BrN3O2. The highest BCUT2D eigenvalue weighted by Crippen LogP contribution is 2.37. The highest BCUT2D eigenvalue weighted by Gasteiger charge is 2.13. The molecule has 0 aliphatic rings. The molecule has 0 saturated heterocycles. The molecule has 0 aliphatic carbocycles. The first-order valence-electron chi connectivity index (χ1n) is 6.74. The highest BCUT2D eigenvalue weighted by molar-refractivity contribution is 9.10. The van der Waals surface area contributed by atoms with Gasteiger partial charge in [0, 0.05) is 7.05 Å². The Balaban J connectivity index is 2.21. The summed E-state index contributed by atoms with van der Waals surface area (Å²) in [5, 5.41) is 4.31. The number of benzene rings is 1. The van der Waals surface area contributed by atoms with E-state index < -0.39 is 0 Å². The summed E-state index contributed by atoms with van der Waals surface area (Å²) in [6, 6.07) is 5.98. The fourth-order valence-electron chi connectivity index (χ4n) is 2.17. The minimum atomic E-state index is 0.433. The van der Waals surface area contributed by atoms with Crippen molar-refractivity contribution in [2.75, 3.05) is 13.7 Å². The first-order valence-corrected chi connectivity index (χ1v) is 7.53. The lowest BCUT2D eigenvalue weighted by Crippen LogP contribution is -2.06. The minimum absolute atomic E-state index is 0.433. The van der Waals surface area contributed by atoms with E-state index in [9.17, 15) is 0 Å². The van der Waals surface area contributed by atoms with Crippen molar-refractivity contribution >= 4 is 15.9 Å². The Kier molecular flexibility index (Phi) is 5.25. The van der Waals surface area contributed by atoms with Crippen LogP contribution in [0, 0.1) is 6.92 Å². The molecule has 1 aromatic carbocycles. The summed E-state index contributed by atoms with van der Waals surface area (Å²) >= 11 is 3.54. The van der Waals surface area contributed by atoms with Gasteiger partial charge in [-0.05, 0) is 59.6 Å². The number of ether oxygens (including phenoxy) is 2. The molecule has 0 unspecified atom stereocenters. The van der Waals surface area contributed by atoms with Crippen LogP contribution in [-0.4, -0.2) is 23.4 Å². The van der Waals surface area contributed by atoms with Crippen molar-refractivity contribution in [1.82, 2.24) is 9.78 Å². The van der Waals surface area contributed by atoms with Gasteiger partial charge in [-0.1, -0.05) is 0 Å². The third kappa shape index (κ3) is 3.77. The van der Waals surface area contributed by atoms with E-state index in [0.717, 1.165) is 27.8 Å². The zero-order chi connectivity index (χ0) is 15.4. The molecule has 0 fully saturated rings. The molecule has 21 heavy (non-hydrogen) atoms. The maximum absolute atomic E-state index is 5.91. The number of nitrogens with zero attached hydrogens (tertiary/aromatic N) is 2. The lowest BCUT2D eigenvalue weighted by molar-refractivity contribution is 0.273. The van der Waals surface area contributed by atoms with E-state index in [1.165, 1.54) is 0 Å². The summed E-state index contributed by atoms with van der Waals surface area (Å²) in [6.45, 7) is 2.99. The lowest BCUT2D eigenvalue weighted by Gasteiger charge is -2.14. The maximum atomic E-state index is 5.91. The predicted octanol–water partition coefficient (Wildman–Crippen LogP) is 2.58. The Hall–Kier alpha value is -1.53. The summed E-state index contributed by atoms with van der Waals surface area (Å²) in [5.41, 5.74) is 8.69. The number of rotatable bonds is 6. The number of hydrogen-bond donors (Lipinski definition) is 1. The van der Waals surface area contributed by atoms with Crippen molar-refractivity contribution in [3.8, 4) is 11.5 Å². The van der Waals surface area contributed by atoms with Gasteiger partial charge in [-0.25, -0.2) is 0 Å². The van der Waals surface area contributed by atoms with Gasteiger partial charge in [0.1, 0.15) is 6.61 Å². The van der Waals surface area contributed by atoms with Crippen LogP contribution in [0.2, 0.25) is 0 Å². The molecule has 2 rings (SSSR count). The van der Waals surface area contributed by atoms with Gasteiger partial charge in [0.15, 0.2) is 11.5 Å². The van der Waals surface area contributed by atoms with E-state index in [1.54, 1.807) is 7.11 Å². The fraction of sp³-hybridized carbons (Fsp3) is 0.400. The summed E-state index contributed by atoms with van der Waals surface area (Å²) in [5.74, 6) is 1.39. The van der Waals surface area contributed by atoms with Crippen LogP contribution in [0.25, 0.3) is 0 Å². The van der Waals surface area contributed by atoms with Crippen LogP contribution in [0.15, 0.2) is 22.7 Å². The summed E-state index contributed by atoms with van der Waals surface area (Å²) in [4.78, 5) is 0. The molecule has 0 amide bonds. The number of halogens is 1. The molecule has 0 atom stereocenters. The number of aromatic nitrogens is 2. The fourth-order valence-corrected chi connectivity index (χ4v) is 2.77. The maximum Gasteiger partial charge on any atom is 0.175 e. The van der Waals surface area contributed by atoms with E-state index >= 15 is 0 Å². The second kappa shape index (κ2) is 6.95. The average molecular weight is 354 g/mol. The van der Waals surface area contributed by atoms with Crippen LogP contribution in [0.1, 0.15) is 17.0 Å². The lowest BCUT2D eigenvalue weighted by atomic mass is 10.1. The van der Waals surface area contributed by atoms with Crippen molar-refractivity contribution in [3.05, 3.63) is 39.6 Å². The highest BCUT2D eigenvalue weighted by atomic mass is 79.9. The van der Waals surface area contributed by atoms with E-state index in [2.05, 4.69) is 21.0 Å². The molecule has 1 heterocycles. The van der Waals surface area contributed by atoms with Crippen LogP contribution in [0.3, 0.4) is 0 Å². The van der Waals surface area contributed by atoms with Crippen molar-refractivity contribution in [3.63, 3.8) is 0 Å². The molecule has 5 nitrogen and oxygen atoms in total. The van der Waals surface area contributed by atoms with Crippen molar-refractivity contribution in [2.45, 2.75) is 20.0 Å². The molecule has 0 radical (unpaired) electrons. The van der Waals surface area contributed by atoms with Gasteiger partial charge >= 0.3 is 0 Å². The third-order valence-corrected chi connectivity index (χ3v) is 3.77. The van der Waals surface area contributed by atoms with Crippen LogP contribution in [0.5, 0.6) is 11.5 Å². The van der Waals surface area contributed by atoms with E-state index in [1.807, 2.05) is 36.9 Å². The molecule has 6 heteroatoms. The largest absolute Gasteiger partial charge is 0.493 e. The zero-order valence-corrected chi connectivity index (χ0v) is 14.1. The van der Waals surface area contributed by atoms with Gasteiger partial charge in [-0.15, -0.1) is 0 Å². The van der Waals surface area contributed by atoms with Crippen LogP contribution < -0.4 is 15.2 Å². The summed E-state index contributed by atoms with van der Waals surface area (Å²) in [6.07, 6.45) is 0.802. The topological polar surface area (TPSA) is 62.3 Å². The van der Waals surface area contributed by atoms with Gasteiger partial charge in [0.05, 0.1) is 23.0 Å². The van der Waals surface area contributed by atoms with Crippen LogP contribution >= 0.6 is 15.9 Å². The van der Waals surface area contributed by atoms with Crippen LogP contribution in [0.4, 0.5) is 0 Å². The summed E-state index contributed by atoms with van der Waals surface area (Å²) < 4.78 is 14.0. The van der Waals surface area contributed by atoms with Gasteiger partial charge in [0.2, 0.25) is 0 Å². The van der Waals surface area contributed by atoms with Crippen molar-refractivity contribution in [1.29, 1.82) is 0 Å². The normalized spacial score (nSPS) is 10.7. The monoisotopic (exact) mass is 353 g/mol.